The molecule has 37 heavy (non-hydrogen) atoms. The van der Waals surface area contributed by atoms with Crippen LogP contribution in [0.2, 0.25) is 0 Å². The molecule has 0 aromatic heterocycles. The summed E-state index contributed by atoms with van der Waals surface area (Å²) in [6.07, 6.45) is -2.94. The molecule has 11 heteroatoms. The van der Waals surface area contributed by atoms with Crippen LogP contribution in [-0.2, 0) is 42.9 Å². The van der Waals surface area contributed by atoms with Crippen molar-refractivity contribution in [3.8, 4) is 0 Å². The summed E-state index contributed by atoms with van der Waals surface area (Å²) in [5.74, 6) is -4.47. The Morgan fingerprint density at radius 3 is 2.11 bits per heavy atom. The average Bonchev–Trinajstić information content (AvgIpc) is 3.53. The number of fused-ring (bicyclic) bond motifs is 3. The van der Waals surface area contributed by atoms with Crippen LogP contribution in [0.5, 0.6) is 0 Å². The molecule has 4 fully saturated rings. The summed E-state index contributed by atoms with van der Waals surface area (Å²) in [5, 5.41) is 11.4. The summed E-state index contributed by atoms with van der Waals surface area (Å²) in [6.45, 7) is 11.4. The quantitative estimate of drug-likeness (QED) is 0.186. The molecule has 10 atom stereocenters. The predicted molar refractivity (Wildman–Crippen MR) is 128 cm³/mol. The first-order valence-corrected chi connectivity index (χ1v) is 13.0. The fourth-order valence-electron chi connectivity index (χ4n) is 6.85. The van der Waals surface area contributed by atoms with Gasteiger partial charge in [-0.15, -0.1) is 11.6 Å². The zero-order chi connectivity index (χ0) is 27.5. The molecule has 1 N–H and O–H groups in total. The van der Waals surface area contributed by atoms with Crippen molar-refractivity contribution < 1.29 is 48.0 Å². The standard InChI is InChI=1S/C26H35ClO10/c1-12-7-8-17(34-14(3)28)24(6)18(35-15(4)29)9-10-25(11-33-25)20(24)22(36-16(5)30)26(32)13(2)23(31)37-21(26)19(12)27/h13,17-22,32H,1,7-11H2,2-6H3/t13-,17+,18-,19-,20+,21-,22?,24+,25+,26-/m0/s1. The van der Waals surface area contributed by atoms with Crippen LogP contribution < -0.4 is 0 Å². The highest BCUT2D eigenvalue weighted by Gasteiger charge is 2.75. The van der Waals surface area contributed by atoms with Crippen molar-refractivity contribution in [3.05, 3.63) is 12.2 Å². The fourth-order valence-corrected chi connectivity index (χ4v) is 7.22. The second-order valence-corrected chi connectivity index (χ2v) is 11.5. The van der Waals surface area contributed by atoms with E-state index in [0.717, 1.165) is 0 Å². The summed E-state index contributed by atoms with van der Waals surface area (Å²) in [6, 6.07) is 0. The number of carbonyl (C=O) groups excluding carboxylic acids is 4. The molecule has 1 unspecified atom stereocenters. The predicted octanol–water partition coefficient (Wildman–Crippen LogP) is 2.22. The molecule has 4 rings (SSSR count). The van der Waals surface area contributed by atoms with Crippen LogP contribution in [0.4, 0.5) is 0 Å². The maximum atomic E-state index is 12.9. The molecule has 0 radical (unpaired) electrons. The SMILES string of the molecule is C=C1CC[C@@H](OC(C)=O)[C@]2(C)[C@@H](OC(C)=O)CC[C@@]3(CO3)[C@@H]2C(OC(C)=O)[C@]2(O)[C@@H](C)C(=O)O[C@H]2[C@H]1Cl. The summed E-state index contributed by atoms with van der Waals surface area (Å²) >= 11 is 6.75. The maximum absolute atomic E-state index is 12.9. The van der Waals surface area contributed by atoms with E-state index in [4.69, 9.17) is 35.3 Å². The van der Waals surface area contributed by atoms with Gasteiger partial charge in [0.05, 0.1) is 28.9 Å². The Morgan fingerprint density at radius 1 is 1.05 bits per heavy atom. The van der Waals surface area contributed by atoms with E-state index < -0.39 is 82.1 Å². The topological polar surface area (TPSA) is 138 Å². The molecule has 0 aromatic rings. The Kier molecular flexibility index (Phi) is 7.18. The van der Waals surface area contributed by atoms with E-state index in [2.05, 4.69) is 6.58 Å². The highest BCUT2D eigenvalue weighted by atomic mass is 35.5. The molecule has 2 aliphatic carbocycles. The average molecular weight is 543 g/mol. The minimum absolute atomic E-state index is 0.254. The highest BCUT2D eigenvalue weighted by molar-refractivity contribution is 6.23. The van der Waals surface area contributed by atoms with Gasteiger partial charge >= 0.3 is 23.9 Å². The molecule has 0 aromatic carbocycles. The third-order valence-electron chi connectivity index (χ3n) is 8.77. The van der Waals surface area contributed by atoms with Crippen molar-refractivity contribution in [2.45, 2.75) is 101 Å². The highest BCUT2D eigenvalue weighted by Crippen LogP contribution is 2.62. The Labute approximate surface area is 220 Å². The van der Waals surface area contributed by atoms with Crippen LogP contribution in [0.3, 0.4) is 0 Å². The molecule has 2 heterocycles. The number of rotatable bonds is 3. The molecule has 0 amide bonds. The number of hydrogen-bond donors (Lipinski definition) is 1. The molecule has 10 nitrogen and oxygen atoms in total. The normalized spacial score (nSPS) is 45.2. The van der Waals surface area contributed by atoms with E-state index in [1.807, 2.05) is 0 Å². The van der Waals surface area contributed by atoms with E-state index in [0.29, 0.717) is 18.4 Å². The number of ether oxygens (including phenoxy) is 5. The largest absolute Gasteiger partial charge is 0.462 e. The Morgan fingerprint density at radius 2 is 1.59 bits per heavy atom. The van der Waals surface area contributed by atoms with Crippen molar-refractivity contribution in [2.24, 2.45) is 17.3 Å². The molecule has 4 aliphatic rings. The molecule has 1 spiro atoms. The lowest BCUT2D eigenvalue weighted by Gasteiger charge is -2.57. The lowest BCUT2D eigenvalue weighted by Crippen LogP contribution is -2.70. The number of hydrogen-bond acceptors (Lipinski definition) is 10. The fraction of sp³-hybridized carbons (Fsp3) is 0.769. The number of carbonyl (C=O) groups is 4. The van der Waals surface area contributed by atoms with Crippen molar-refractivity contribution in [1.29, 1.82) is 0 Å². The monoisotopic (exact) mass is 542 g/mol. The van der Waals surface area contributed by atoms with Gasteiger partial charge in [0.1, 0.15) is 18.3 Å². The van der Waals surface area contributed by atoms with E-state index in [9.17, 15) is 24.3 Å². The summed E-state index contributed by atoms with van der Waals surface area (Å²) in [5.41, 5.74) is -3.71. The molecular formula is C26H35ClO10. The van der Waals surface area contributed by atoms with E-state index in [1.54, 1.807) is 6.92 Å². The van der Waals surface area contributed by atoms with Crippen LogP contribution in [0, 0.1) is 17.3 Å². The lowest BCUT2D eigenvalue weighted by atomic mass is 9.52. The Balaban J connectivity index is 2.00. The molecule has 206 valence electrons. The third kappa shape index (κ3) is 4.44. The van der Waals surface area contributed by atoms with Gasteiger partial charge in [-0.05, 0) is 32.6 Å². The molecule has 2 saturated heterocycles. The summed E-state index contributed by atoms with van der Waals surface area (Å²) in [4.78, 5) is 50.0. The van der Waals surface area contributed by atoms with Crippen molar-refractivity contribution in [3.63, 3.8) is 0 Å². The zero-order valence-electron chi connectivity index (χ0n) is 21.8. The van der Waals surface area contributed by atoms with Gasteiger partial charge in [-0.25, -0.2) is 0 Å². The molecular weight excluding hydrogens is 508 g/mol. The third-order valence-corrected chi connectivity index (χ3v) is 9.30. The van der Waals surface area contributed by atoms with Gasteiger partial charge in [0.2, 0.25) is 0 Å². The second kappa shape index (κ2) is 9.54. The Hall–Kier alpha value is -2.17. The van der Waals surface area contributed by atoms with E-state index >= 15 is 0 Å². The Bertz CT molecular complexity index is 1010. The van der Waals surface area contributed by atoms with Gasteiger partial charge in [-0.2, -0.15) is 0 Å². The van der Waals surface area contributed by atoms with Crippen molar-refractivity contribution >= 4 is 35.5 Å². The smallest absolute Gasteiger partial charge is 0.312 e. The number of epoxide rings is 1. The number of halogens is 1. The van der Waals surface area contributed by atoms with E-state index in [-0.39, 0.29) is 19.4 Å². The van der Waals surface area contributed by atoms with Gasteiger partial charge in [-0.3, -0.25) is 19.2 Å². The molecule has 2 aliphatic heterocycles. The molecule has 2 saturated carbocycles. The number of alkyl halides is 1. The van der Waals surface area contributed by atoms with Gasteiger partial charge < -0.3 is 28.8 Å². The number of esters is 4. The first kappa shape index (κ1) is 27.9. The first-order chi connectivity index (χ1) is 17.2. The van der Waals surface area contributed by atoms with Gasteiger partial charge in [-0.1, -0.05) is 19.1 Å². The van der Waals surface area contributed by atoms with Crippen molar-refractivity contribution in [2.75, 3.05) is 6.61 Å². The van der Waals surface area contributed by atoms with E-state index in [1.165, 1.54) is 27.7 Å². The summed E-state index contributed by atoms with van der Waals surface area (Å²) < 4.78 is 29.2. The minimum atomic E-state index is -2.08. The summed E-state index contributed by atoms with van der Waals surface area (Å²) in [7, 11) is 0. The van der Waals surface area contributed by atoms with Gasteiger partial charge in [0.25, 0.3) is 0 Å². The maximum Gasteiger partial charge on any atom is 0.312 e. The van der Waals surface area contributed by atoms with Gasteiger partial charge in [0, 0.05) is 26.7 Å². The second-order valence-electron chi connectivity index (χ2n) is 11.0. The van der Waals surface area contributed by atoms with Crippen molar-refractivity contribution in [1.82, 2.24) is 0 Å². The van der Waals surface area contributed by atoms with Crippen LogP contribution in [0.15, 0.2) is 12.2 Å². The molecule has 0 bridgehead atoms. The van der Waals surface area contributed by atoms with Crippen LogP contribution >= 0.6 is 11.6 Å². The zero-order valence-corrected chi connectivity index (χ0v) is 22.5. The van der Waals surface area contributed by atoms with Crippen LogP contribution in [-0.4, -0.2) is 76.6 Å². The van der Waals surface area contributed by atoms with Crippen LogP contribution in [0.1, 0.15) is 60.3 Å². The van der Waals surface area contributed by atoms with Gasteiger partial charge in [0.15, 0.2) is 11.7 Å². The minimum Gasteiger partial charge on any atom is -0.462 e. The lowest BCUT2D eigenvalue weighted by molar-refractivity contribution is -0.244. The number of aliphatic hydroxyl groups is 1. The first-order valence-electron chi connectivity index (χ1n) is 12.6. The van der Waals surface area contributed by atoms with Crippen LogP contribution in [0.25, 0.3) is 0 Å².